The molecule has 0 fully saturated rings. The minimum absolute atomic E-state index is 0.841. The number of para-hydroxylation sites is 2. The molecule has 0 atom stereocenters. The lowest BCUT2D eigenvalue weighted by molar-refractivity contribution is 0.670. The normalized spacial score (nSPS) is 11.4. The Bertz CT molecular complexity index is 3630. The van der Waals surface area contributed by atoms with Gasteiger partial charge in [-0.2, -0.15) is 0 Å². The molecule has 0 saturated carbocycles. The molecule has 0 radical (unpaired) electrons. The number of hydrogen-bond acceptors (Lipinski definition) is 2. The van der Waals surface area contributed by atoms with E-state index in [2.05, 4.69) is 254 Å². The number of furan rings is 1. The second-order valence-electron chi connectivity index (χ2n) is 16.4. The minimum atomic E-state index is 0.841. The molecular formula is C62H41NO. The van der Waals surface area contributed by atoms with E-state index < -0.39 is 0 Å². The molecule has 0 aliphatic rings. The third-order valence-corrected chi connectivity index (χ3v) is 12.7. The molecule has 11 aromatic carbocycles. The predicted octanol–water partition coefficient (Wildman–Crippen LogP) is 17.7. The zero-order valence-corrected chi connectivity index (χ0v) is 35.0. The van der Waals surface area contributed by atoms with E-state index in [1.165, 1.54) is 44.0 Å². The SMILES string of the molecule is c1ccc(-c2cccc(-c3ccc(-c4ccc(N(c5c(-c6ccccc6)c6ccccc6c6ccccc56)c5cccc6c5oc5c(-c7ccccc7)cccc56)cc4)cc3)c2)cc1. The van der Waals surface area contributed by atoms with Gasteiger partial charge < -0.3 is 9.32 Å². The van der Waals surface area contributed by atoms with E-state index >= 15 is 0 Å². The maximum Gasteiger partial charge on any atom is 0.159 e. The number of rotatable bonds is 8. The van der Waals surface area contributed by atoms with Crippen molar-refractivity contribution in [2.45, 2.75) is 0 Å². The Kier molecular flexibility index (Phi) is 9.20. The fraction of sp³-hybridized carbons (Fsp3) is 0. The Morgan fingerprint density at radius 2 is 0.688 bits per heavy atom. The van der Waals surface area contributed by atoms with Crippen LogP contribution in [0, 0.1) is 0 Å². The molecule has 2 nitrogen and oxygen atoms in total. The predicted molar refractivity (Wildman–Crippen MR) is 271 cm³/mol. The lowest BCUT2D eigenvalue weighted by Crippen LogP contribution is -2.12. The molecule has 12 rings (SSSR count). The number of fused-ring (bicyclic) bond motifs is 6. The van der Waals surface area contributed by atoms with E-state index in [4.69, 9.17) is 4.42 Å². The summed E-state index contributed by atoms with van der Waals surface area (Å²) in [5, 5.41) is 6.95. The summed E-state index contributed by atoms with van der Waals surface area (Å²) in [7, 11) is 0. The average Bonchev–Trinajstić information content (AvgIpc) is 3.77. The highest BCUT2D eigenvalue weighted by atomic mass is 16.3. The second kappa shape index (κ2) is 15.8. The molecule has 300 valence electrons. The molecule has 0 amide bonds. The molecule has 0 saturated heterocycles. The van der Waals surface area contributed by atoms with Crippen molar-refractivity contribution in [1.82, 2.24) is 0 Å². The van der Waals surface area contributed by atoms with Gasteiger partial charge in [0.1, 0.15) is 5.58 Å². The minimum Gasteiger partial charge on any atom is -0.453 e. The maximum atomic E-state index is 7.17. The largest absolute Gasteiger partial charge is 0.453 e. The van der Waals surface area contributed by atoms with Gasteiger partial charge in [-0.3, -0.25) is 0 Å². The Labute approximate surface area is 372 Å². The summed E-state index contributed by atoms with van der Waals surface area (Å²) in [6.45, 7) is 0. The Morgan fingerprint density at radius 3 is 1.33 bits per heavy atom. The van der Waals surface area contributed by atoms with Gasteiger partial charge in [-0.05, 0) is 84.9 Å². The van der Waals surface area contributed by atoms with E-state index in [1.54, 1.807) is 0 Å². The summed E-state index contributed by atoms with van der Waals surface area (Å²) in [5.74, 6) is 0. The summed E-state index contributed by atoms with van der Waals surface area (Å²) in [5.41, 5.74) is 16.5. The van der Waals surface area contributed by atoms with Crippen molar-refractivity contribution >= 4 is 60.5 Å². The molecule has 0 bridgehead atoms. The first-order chi connectivity index (χ1) is 31.8. The molecule has 0 aliphatic heterocycles. The fourth-order valence-corrected chi connectivity index (χ4v) is 9.63. The van der Waals surface area contributed by atoms with Crippen LogP contribution in [0.3, 0.4) is 0 Å². The van der Waals surface area contributed by atoms with Crippen LogP contribution in [0.4, 0.5) is 17.1 Å². The smallest absolute Gasteiger partial charge is 0.159 e. The van der Waals surface area contributed by atoms with Crippen LogP contribution >= 0.6 is 0 Å². The van der Waals surface area contributed by atoms with Gasteiger partial charge in [0.25, 0.3) is 0 Å². The standard InChI is InChI=1S/C62H41NO/c1-4-17-42(18-5-1)48-23-14-24-49(41-48)45-35-33-43(34-36-45)44-37-39-50(40-38-44)63(58-32-16-31-57-56-30-15-29-51(61(56)64-62(57)58)46-19-6-2-7-20-46)60-55-28-13-11-26-53(55)52-25-10-12-27-54(52)59(60)47-21-8-3-9-22-47/h1-41H. The van der Waals surface area contributed by atoms with E-state index in [9.17, 15) is 0 Å². The molecule has 12 aromatic rings. The van der Waals surface area contributed by atoms with E-state index in [-0.39, 0.29) is 0 Å². The first kappa shape index (κ1) is 37.3. The first-order valence-electron chi connectivity index (χ1n) is 21.9. The van der Waals surface area contributed by atoms with Crippen LogP contribution in [0.5, 0.6) is 0 Å². The van der Waals surface area contributed by atoms with Crippen LogP contribution in [0.15, 0.2) is 253 Å². The maximum absolute atomic E-state index is 7.17. The van der Waals surface area contributed by atoms with Crippen molar-refractivity contribution in [1.29, 1.82) is 0 Å². The second-order valence-corrected chi connectivity index (χ2v) is 16.4. The van der Waals surface area contributed by atoms with Gasteiger partial charge in [0.15, 0.2) is 5.58 Å². The van der Waals surface area contributed by atoms with E-state index in [1.807, 2.05) is 0 Å². The monoisotopic (exact) mass is 815 g/mol. The van der Waals surface area contributed by atoms with E-state index in [0.717, 1.165) is 72.2 Å². The summed E-state index contributed by atoms with van der Waals surface area (Å²) in [4.78, 5) is 2.44. The van der Waals surface area contributed by atoms with Crippen LogP contribution in [-0.4, -0.2) is 0 Å². The van der Waals surface area contributed by atoms with Crippen molar-refractivity contribution in [2.75, 3.05) is 4.90 Å². The number of anilines is 3. The van der Waals surface area contributed by atoms with Gasteiger partial charge in [-0.15, -0.1) is 0 Å². The zero-order chi connectivity index (χ0) is 42.4. The fourth-order valence-electron chi connectivity index (χ4n) is 9.63. The summed E-state index contributed by atoms with van der Waals surface area (Å²) in [6.07, 6.45) is 0. The molecule has 64 heavy (non-hydrogen) atoms. The van der Waals surface area contributed by atoms with Crippen molar-refractivity contribution < 1.29 is 4.42 Å². The Balaban J connectivity index is 1.05. The topological polar surface area (TPSA) is 16.4 Å². The lowest BCUT2D eigenvalue weighted by atomic mass is 9.90. The summed E-state index contributed by atoms with van der Waals surface area (Å²) in [6, 6.07) is 89.4. The molecular weight excluding hydrogens is 775 g/mol. The van der Waals surface area contributed by atoms with Gasteiger partial charge >= 0.3 is 0 Å². The molecule has 2 heteroatoms. The van der Waals surface area contributed by atoms with Crippen molar-refractivity contribution in [3.8, 4) is 55.6 Å². The Hall–Kier alpha value is -8.46. The highest BCUT2D eigenvalue weighted by Gasteiger charge is 2.26. The number of nitrogens with zero attached hydrogens (tertiary/aromatic N) is 1. The third kappa shape index (κ3) is 6.44. The Morgan fingerprint density at radius 1 is 0.266 bits per heavy atom. The van der Waals surface area contributed by atoms with Gasteiger partial charge in [0.2, 0.25) is 0 Å². The summed E-state index contributed by atoms with van der Waals surface area (Å²) >= 11 is 0. The van der Waals surface area contributed by atoms with Gasteiger partial charge in [0.05, 0.1) is 11.4 Å². The molecule has 1 aromatic heterocycles. The van der Waals surface area contributed by atoms with Crippen LogP contribution in [0.1, 0.15) is 0 Å². The molecule has 0 unspecified atom stereocenters. The van der Waals surface area contributed by atoms with Gasteiger partial charge in [-0.25, -0.2) is 0 Å². The van der Waals surface area contributed by atoms with Crippen LogP contribution in [0.2, 0.25) is 0 Å². The average molecular weight is 816 g/mol. The highest BCUT2D eigenvalue weighted by molar-refractivity contribution is 6.23. The molecule has 0 aliphatic carbocycles. The zero-order valence-electron chi connectivity index (χ0n) is 35.0. The van der Waals surface area contributed by atoms with Crippen molar-refractivity contribution in [2.24, 2.45) is 0 Å². The third-order valence-electron chi connectivity index (χ3n) is 12.7. The van der Waals surface area contributed by atoms with Gasteiger partial charge in [0, 0.05) is 33.0 Å². The van der Waals surface area contributed by atoms with E-state index in [0.29, 0.717) is 0 Å². The lowest BCUT2D eigenvalue weighted by Gasteiger charge is -2.30. The quantitative estimate of drug-likeness (QED) is 0.142. The van der Waals surface area contributed by atoms with Gasteiger partial charge in [-0.1, -0.05) is 224 Å². The first-order valence-corrected chi connectivity index (χ1v) is 21.9. The highest BCUT2D eigenvalue weighted by Crippen LogP contribution is 2.52. The van der Waals surface area contributed by atoms with Crippen LogP contribution in [-0.2, 0) is 0 Å². The van der Waals surface area contributed by atoms with Crippen LogP contribution < -0.4 is 4.90 Å². The molecule has 0 N–H and O–H groups in total. The van der Waals surface area contributed by atoms with Crippen molar-refractivity contribution in [3.63, 3.8) is 0 Å². The number of hydrogen-bond donors (Lipinski definition) is 0. The summed E-state index contributed by atoms with van der Waals surface area (Å²) < 4.78 is 7.17. The van der Waals surface area contributed by atoms with Crippen molar-refractivity contribution in [3.05, 3.63) is 249 Å². The molecule has 1 heterocycles. The van der Waals surface area contributed by atoms with Crippen LogP contribution in [0.25, 0.3) is 99.1 Å². The number of benzene rings is 11. The molecule has 0 spiro atoms.